The van der Waals surface area contributed by atoms with Crippen molar-refractivity contribution in [3.8, 4) is 0 Å². The minimum absolute atomic E-state index is 0. The maximum Gasteiger partial charge on any atom is 0.176 e. The fourth-order valence-electron chi connectivity index (χ4n) is 0.785. The summed E-state index contributed by atoms with van der Waals surface area (Å²) in [5.74, 6) is 0.0132. The second kappa shape index (κ2) is 5.73. The van der Waals surface area contributed by atoms with E-state index in [1.165, 1.54) is 6.20 Å². The zero-order chi connectivity index (χ0) is 9.14. The van der Waals surface area contributed by atoms with E-state index in [9.17, 15) is 4.79 Å². The largest absolute Gasteiger partial charge is 0.293 e. The third-order valence-corrected chi connectivity index (χ3v) is 1.99. The number of carbonyl (C=O) groups excluding carboxylic acids is 1. The molecule has 5 heteroatoms. The van der Waals surface area contributed by atoms with Gasteiger partial charge in [0, 0.05) is 11.8 Å². The number of Topliss-reactive ketones (excluding diaryl/α,β-unsaturated/α-hetero) is 1. The quantitative estimate of drug-likeness (QED) is 0.473. The molecule has 2 nitrogen and oxygen atoms in total. The fraction of sp³-hybridized carbons (Fsp3) is 0.250. The smallest absolute Gasteiger partial charge is 0.176 e. The van der Waals surface area contributed by atoms with Gasteiger partial charge < -0.3 is 0 Å². The van der Waals surface area contributed by atoms with Crippen LogP contribution in [0.5, 0.6) is 0 Å². The van der Waals surface area contributed by atoms with E-state index in [1.54, 1.807) is 19.1 Å². The van der Waals surface area contributed by atoms with Crippen LogP contribution in [0.1, 0.15) is 17.3 Å². The number of nitrogens with zero attached hydrogens (tertiary/aromatic N) is 1. The van der Waals surface area contributed by atoms with Crippen LogP contribution in [-0.4, -0.2) is 15.6 Å². The van der Waals surface area contributed by atoms with Crippen molar-refractivity contribution >= 4 is 50.3 Å². The first kappa shape index (κ1) is 13.1. The predicted octanol–water partition coefficient (Wildman–Crippen LogP) is 3.28. The number of pyridine rings is 1. The zero-order valence-electron chi connectivity index (χ0n) is 6.83. The van der Waals surface area contributed by atoms with Gasteiger partial charge in [0.05, 0.1) is 4.83 Å². The van der Waals surface area contributed by atoms with Gasteiger partial charge >= 0.3 is 0 Å². The Bertz CT molecular complexity index is 304. The highest BCUT2D eigenvalue weighted by Crippen LogP contribution is 2.12. The van der Waals surface area contributed by atoms with Gasteiger partial charge in [-0.1, -0.05) is 27.5 Å². The summed E-state index contributed by atoms with van der Waals surface area (Å²) in [4.78, 5) is 15.0. The van der Waals surface area contributed by atoms with E-state index in [0.717, 1.165) is 0 Å². The molecule has 0 aliphatic heterocycles. The first-order valence-electron chi connectivity index (χ1n) is 3.41. The van der Waals surface area contributed by atoms with Crippen molar-refractivity contribution in [1.29, 1.82) is 0 Å². The molecule has 0 aliphatic rings. The van der Waals surface area contributed by atoms with Gasteiger partial charge in [-0.2, -0.15) is 0 Å². The summed E-state index contributed by atoms with van der Waals surface area (Å²) in [5.41, 5.74) is 0.583. The van der Waals surface area contributed by atoms with Crippen LogP contribution in [0.25, 0.3) is 0 Å². The van der Waals surface area contributed by atoms with Crippen molar-refractivity contribution in [2.24, 2.45) is 0 Å². The maximum atomic E-state index is 11.4. The number of hydrogen-bond donors (Lipinski definition) is 0. The monoisotopic (exact) mass is 327 g/mol. The molecule has 1 aromatic heterocycles. The molecule has 72 valence electrons. The molecular formula is C8H8Br2ClNO. The van der Waals surface area contributed by atoms with Crippen LogP contribution in [0.2, 0.25) is 5.15 Å². The molecule has 0 aliphatic carbocycles. The summed E-state index contributed by atoms with van der Waals surface area (Å²) in [5, 5.41) is 0.342. The van der Waals surface area contributed by atoms with Gasteiger partial charge in [-0.05, 0) is 19.1 Å². The SMILES string of the molecule is Br.CC(Br)C(=O)c1ccnc(Cl)c1. The second-order valence-electron chi connectivity index (χ2n) is 2.35. The molecule has 1 heterocycles. The second-order valence-corrected chi connectivity index (χ2v) is 4.11. The Morgan fingerprint density at radius 3 is 2.77 bits per heavy atom. The highest BCUT2D eigenvalue weighted by Gasteiger charge is 2.11. The lowest BCUT2D eigenvalue weighted by Gasteiger charge is -2.01. The first-order valence-corrected chi connectivity index (χ1v) is 4.70. The van der Waals surface area contributed by atoms with Gasteiger partial charge in [0.25, 0.3) is 0 Å². The Labute approximate surface area is 101 Å². The third-order valence-electron chi connectivity index (χ3n) is 1.37. The molecule has 1 unspecified atom stereocenters. The average molecular weight is 329 g/mol. The number of halogens is 3. The molecule has 0 bridgehead atoms. The summed E-state index contributed by atoms with van der Waals surface area (Å²) in [7, 11) is 0. The van der Waals surface area contributed by atoms with Crippen molar-refractivity contribution in [1.82, 2.24) is 4.98 Å². The number of ketones is 1. The maximum absolute atomic E-state index is 11.4. The van der Waals surface area contributed by atoms with E-state index in [-0.39, 0.29) is 27.6 Å². The van der Waals surface area contributed by atoms with Crippen LogP contribution in [-0.2, 0) is 0 Å². The number of carbonyl (C=O) groups is 1. The van der Waals surface area contributed by atoms with Gasteiger partial charge in [-0.15, -0.1) is 17.0 Å². The summed E-state index contributed by atoms with van der Waals surface area (Å²) < 4.78 is 0. The Morgan fingerprint density at radius 1 is 1.69 bits per heavy atom. The molecule has 1 rings (SSSR count). The normalized spacial score (nSPS) is 11.6. The molecule has 0 radical (unpaired) electrons. The van der Waals surface area contributed by atoms with Crippen molar-refractivity contribution in [3.05, 3.63) is 29.0 Å². The number of rotatable bonds is 2. The number of hydrogen-bond acceptors (Lipinski definition) is 2. The van der Waals surface area contributed by atoms with Crippen molar-refractivity contribution < 1.29 is 4.79 Å². The number of aromatic nitrogens is 1. The van der Waals surface area contributed by atoms with Gasteiger partial charge in [0.15, 0.2) is 5.78 Å². The Kier molecular flexibility index (Phi) is 5.76. The van der Waals surface area contributed by atoms with E-state index in [4.69, 9.17) is 11.6 Å². The van der Waals surface area contributed by atoms with E-state index in [1.807, 2.05) is 0 Å². The lowest BCUT2D eigenvalue weighted by atomic mass is 10.1. The Hall–Kier alpha value is 0.0700. The minimum Gasteiger partial charge on any atom is -0.293 e. The van der Waals surface area contributed by atoms with Crippen molar-refractivity contribution in [2.75, 3.05) is 0 Å². The summed E-state index contributed by atoms with van der Waals surface area (Å²) >= 11 is 8.80. The molecule has 0 N–H and O–H groups in total. The van der Waals surface area contributed by atoms with Crippen LogP contribution in [0.15, 0.2) is 18.3 Å². The van der Waals surface area contributed by atoms with Crippen molar-refractivity contribution in [2.45, 2.75) is 11.8 Å². The van der Waals surface area contributed by atoms with Gasteiger partial charge in [-0.25, -0.2) is 4.98 Å². The molecule has 1 atom stereocenters. The highest BCUT2D eigenvalue weighted by molar-refractivity contribution is 9.10. The van der Waals surface area contributed by atoms with Crippen LogP contribution in [0.4, 0.5) is 0 Å². The highest BCUT2D eigenvalue weighted by atomic mass is 79.9. The van der Waals surface area contributed by atoms with Gasteiger partial charge in [-0.3, -0.25) is 4.79 Å². The van der Waals surface area contributed by atoms with E-state index < -0.39 is 0 Å². The Balaban J connectivity index is 0.00000144. The average Bonchev–Trinajstić information content (AvgIpc) is 2.03. The number of alkyl halides is 1. The lowest BCUT2D eigenvalue weighted by Crippen LogP contribution is -2.09. The molecule has 1 aromatic rings. The van der Waals surface area contributed by atoms with E-state index >= 15 is 0 Å². The molecule has 0 saturated heterocycles. The van der Waals surface area contributed by atoms with Crippen LogP contribution in [0, 0.1) is 0 Å². The van der Waals surface area contributed by atoms with E-state index in [0.29, 0.717) is 10.7 Å². The lowest BCUT2D eigenvalue weighted by molar-refractivity contribution is 0.0996. The van der Waals surface area contributed by atoms with Crippen LogP contribution in [0.3, 0.4) is 0 Å². The Morgan fingerprint density at radius 2 is 2.31 bits per heavy atom. The van der Waals surface area contributed by atoms with Crippen LogP contribution >= 0.6 is 44.5 Å². The summed E-state index contributed by atoms with van der Waals surface area (Å²) in [6.45, 7) is 1.77. The summed E-state index contributed by atoms with van der Waals surface area (Å²) in [6.07, 6.45) is 1.52. The molecule has 0 amide bonds. The van der Waals surface area contributed by atoms with E-state index in [2.05, 4.69) is 20.9 Å². The minimum atomic E-state index is -0.184. The van der Waals surface area contributed by atoms with Gasteiger partial charge in [0.1, 0.15) is 5.15 Å². The van der Waals surface area contributed by atoms with Crippen molar-refractivity contribution in [3.63, 3.8) is 0 Å². The summed E-state index contributed by atoms with van der Waals surface area (Å²) in [6, 6.07) is 3.20. The molecule has 0 aromatic carbocycles. The molecule has 0 fully saturated rings. The molecule has 0 spiro atoms. The fourth-order valence-corrected chi connectivity index (χ4v) is 1.22. The standard InChI is InChI=1S/C8H7BrClNO.BrH/c1-5(9)8(12)6-2-3-11-7(10)4-6;/h2-5H,1H3;1H. The molecular weight excluding hydrogens is 321 g/mol. The van der Waals surface area contributed by atoms with Crippen LogP contribution < -0.4 is 0 Å². The predicted molar refractivity (Wildman–Crippen MR) is 62.3 cm³/mol. The third kappa shape index (κ3) is 3.75. The topological polar surface area (TPSA) is 30.0 Å². The molecule has 13 heavy (non-hydrogen) atoms. The molecule has 0 saturated carbocycles. The zero-order valence-corrected chi connectivity index (χ0v) is 10.9. The first-order chi connectivity index (χ1) is 5.61. The van der Waals surface area contributed by atoms with Gasteiger partial charge in [0.2, 0.25) is 0 Å².